The highest BCUT2D eigenvalue weighted by Crippen LogP contribution is 1.89. The molecule has 0 aliphatic rings. The molecular weight excluding hydrogens is 198 g/mol. The molecule has 0 fully saturated rings. The average molecular weight is 221 g/mol. The molecule has 0 aliphatic heterocycles. The maximum atomic E-state index is 9.44. The van der Waals surface area contributed by atoms with Gasteiger partial charge in [-0.05, 0) is 6.92 Å². The minimum atomic E-state index is -0.468. The van der Waals surface area contributed by atoms with E-state index in [0.717, 1.165) is 0 Å². The third kappa shape index (κ3) is 8.77. The standard InChI is InChI=1S/C10H23NO4/c1-4-15-7-9(12)5-11-6-10(14-3)8-13-2/h9-12H,4-8H2,1-3H3. The number of ether oxygens (including phenoxy) is 3. The van der Waals surface area contributed by atoms with E-state index < -0.39 is 6.10 Å². The number of hydrogen-bond acceptors (Lipinski definition) is 5. The van der Waals surface area contributed by atoms with Crippen molar-refractivity contribution >= 4 is 0 Å². The smallest absolute Gasteiger partial charge is 0.0928 e. The normalized spacial score (nSPS) is 15.2. The molecule has 92 valence electrons. The number of nitrogens with one attached hydrogen (secondary N) is 1. The molecule has 5 heteroatoms. The van der Waals surface area contributed by atoms with Crippen molar-refractivity contribution in [1.82, 2.24) is 5.32 Å². The fraction of sp³-hybridized carbons (Fsp3) is 1.00. The Kier molecular flexibility index (Phi) is 10.2. The summed E-state index contributed by atoms with van der Waals surface area (Å²) in [6, 6.07) is 0. The zero-order chi connectivity index (χ0) is 11.5. The summed E-state index contributed by atoms with van der Waals surface area (Å²) < 4.78 is 15.2. The van der Waals surface area contributed by atoms with E-state index in [1.165, 1.54) is 0 Å². The summed E-state index contributed by atoms with van der Waals surface area (Å²) >= 11 is 0. The van der Waals surface area contributed by atoms with Gasteiger partial charge >= 0.3 is 0 Å². The molecule has 2 atom stereocenters. The van der Waals surface area contributed by atoms with E-state index >= 15 is 0 Å². The summed E-state index contributed by atoms with van der Waals surface area (Å²) in [7, 11) is 3.28. The van der Waals surface area contributed by atoms with Gasteiger partial charge in [0.1, 0.15) is 0 Å². The van der Waals surface area contributed by atoms with Gasteiger partial charge in [0.15, 0.2) is 0 Å². The molecule has 0 amide bonds. The summed E-state index contributed by atoms with van der Waals surface area (Å²) in [6.45, 7) is 4.61. The Labute approximate surface area is 91.7 Å². The molecule has 0 saturated carbocycles. The van der Waals surface area contributed by atoms with Crippen LogP contribution in [0.4, 0.5) is 0 Å². The molecule has 0 radical (unpaired) electrons. The number of hydrogen-bond donors (Lipinski definition) is 2. The maximum absolute atomic E-state index is 9.44. The van der Waals surface area contributed by atoms with Crippen molar-refractivity contribution in [2.75, 3.05) is 47.1 Å². The number of aliphatic hydroxyl groups excluding tert-OH is 1. The Bertz CT molecular complexity index is 135. The van der Waals surface area contributed by atoms with Gasteiger partial charge in [-0.25, -0.2) is 0 Å². The highest BCUT2D eigenvalue weighted by Gasteiger charge is 2.08. The van der Waals surface area contributed by atoms with Crippen LogP contribution in [0.5, 0.6) is 0 Å². The molecule has 0 spiro atoms. The van der Waals surface area contributed by atoms with Crippen LogP contribution in [0.2, 0.25) is 0 Å². The molecule has 0 aromatic heterocycles. The summed E-state index contributed by atoms with van der Waals surface area (Å²) in [5.41, 5.74) is 0. The Hall–Kier alpha value is -0.200. The molecular formula is C10H23NO4. The lowest BCUT2D eigenvalue weighted by molar-refractivity contribution is 0.0197. The first kappa shape index (κ1) is 14.8. The monoisotopic (exact) mass is 221 g/mol. The van der Waals surface area contributed by atoms with Gasteiger partial charge in [-0.1, -0.05) is 0 Å². The zero-order valence-corrected chi connectivity index (χ0v) is 9.86. The van der Waals surface area contributed by atoms with Crippen molar-refractivity contribution in [3.63, 3.8) is 0 Å². The van der Waals surface area contributed by atoms with Crippen LogP contribution in [0.15, 0.2) is 0 Å². The van der Waals surface area contributed by atoms with E-state index in [-0.39, 0.29) is 6.10 Å². The summed E-state index contributed by atoms with van der Waals surface area (Å²) in [5.74, 6) is 0. The molecule has 0 aromatic rings. The van der Waals surface area contributed by atoms with Crippen LogP contribution >= 0.6 is 0 Å². The Balaban J connectivity index is 3.41. The Morgan fingerprint density at radius 1 is 1.20 bits per heavy atom. The number of rotatable bonds is 10. The summed E-state index contributed by atoms with van der Waals surface area (Å²) in [4.78, 5) is 0. The van der Waals surface area contributed by atoms with Gasteiger partial charge in [-0.15, -0.1) is 0 Å². The van der Waals surface area contributed by atoms with Crippen LogP contribution in [-0.4, -0.2) is 64.4 Å². The summed E-state index contributed by atoms with van der Waals surface area (Å²) in [5, 5.41) is 12.5. The molecule has 0 bridgehead atoms. The van der Waals surface area contributed by atoms with Crippen molar-refractivity contribution < 1.29 is 19.3 Å². The molecule has 2 N–H and O–H groups in total. The van der Waals surface area contributed by atoms with Crippen molar-refractivity contribution in [1.29, 1.82) is 0 Å². The number of methoxy groups -OCH3 is 2. The van der Waals surface area contributed by atoms with Gasteiger partial charge in [0.05, 0.1) is 25.4 Å². The zero-order valence-electron chi connectivity index (χ0n) is 9.86. The topological polar surface area (TPSA) is 60.0 Å². The van der Waals surface area contributed by atoms with Gasteiger partial charge in [-0.2, -0.15) is 0 Å². The minimum absolute atomic E-state index is 0.0225. The SMILES string of the molecule is CCOCC(O)CNCC(COC)OC. The minimum Gasteiger partial charge on any atom is -0.389 e. The molecule has 0 rings (SSSR count). The van der Waals surface area contributed by atoms with E-state index in [0.29, 0.717) is 32.9 Å². The van der Waals surface area contributed by atoms with Crippen molar-refractivity contribution in [2.45, 2.75) is 19.1 Å². The van der Waals surface area contributed by atoms with E-state index in [1.807, 2.05) is 6.92 Å². The molecule has 0 aromatic carbocycles. The molecule has 0 heterocycles. The predicted octanol–water partition coefficient (Wildman–Crippen LogP) is -0.365. The second kappa shape index (κ2) is 10.3. The first-order valence-corrected chi connectivity index (χ1v) is 5.22. The molecule has 15 heavy (non-hydrogen) atoms. The summed E-state index contributed by atoms with van der Waals surface area (Å²) in [6.07, 6.45) is -0.445. The third-order valence-electron chi connectivity index (χ3n) is 1.95. The second-order valence-electron chi connectivity index (χ2n) is 3.28. The van der Waals surface area contributed by atoms with Gasteiger partial charge in [0.25, 0.3) is 0 Å². The average Bonchev–Trinajstić information content (AvgIpc) is 2.25. The van der Waals surface area contributed by atoms with Gasteiger partial charge in [0, 0.05) is 33.9 Å². The van der Waals surface area contributed by atoms with Crippen LogP contribution in [0, 0.1) is 0 Å². The lowest BCUT2D eigenvalue weighted by Crippen LogP contribution is -2.37. The third-order valence-corrected chi connectivity index (χ3v) is 1.95. The van der Waals surface area contributed by atoms with E-state index in [4.69, 9.17) is 14.2 Å². The Morgan fingerprint density at radius 3 is 2.47 bits per heavy atom. The van der Waals surface area contributed by atoms with Crippen molar-refractivity contribution in [3.05, 3.63) is 0 Å². The van der Waals surface area contributed by atoms with E-state index in [1.54, 1.807) is 14.2 Å². The largest absolute Gasteiger partial charge is 0.389 e. The lowest BCUT2D eigenvalue weighted by Gasteiger charge is -2.16. The molecule has 2 unspecified atom stereocenters. The highest BCUT2D eigenvalue weighted by atomic mass is 16.5. The lowest BCUT2D eigenvalue weighted by atomic mass is 10.3. The molecule has 0 aliphatic carbocycles. The van der Waals surface area contributed by atoms with Gasteiger partial charge in [0.2, 0.25) is 0 Å². The first-order valence-electron chi connectivity index (χ1n) is 5.22. The maximum Gasteiger partial charge on any atom is 0.0928 e. The highest BCUT2D eigenvalue weighted by molar-refractivity contribution is 4.63. The van der Waals surface area contributed by atoms with Crippen molar-refractivity contribution in [3.8, 4) is 0 Å². The number of aliphatic hydroxyl groups is 1. The van der Waals surface area contributed by atoms with E-state index in [2.05, 4.69) is 5.32 Å². The fourth-order valence-electron chi connectivity index (χ4n) is 1.12. The molecule has 0 saturated heterocycles. The Morgan fingerprint density at radius 2 is 1.93 bits per heavy atom. The quantitative estimate of drug-likeness (QED) is 0.527. The van der Waals surface area contributed by atoms with Gasteiger partial charge in [-0.3, -0.25) is 0 Å². The molecule has 5 nitrogen and oxygen atoms in total. The second-order valence-corrected chi connectivity index (χ2v) is 3.28. The van der Waals surface area contributed by atoms with Crippen LogP contribution in [0.3, 0.4) is 0 Å². The van der Waals surface area contributed by atoms with E-state index in [9.17, 15) is 5.11 Å². The van der Waals surface area contributed by atoms with Gasteiger partial charge < -0.3 is 24.6 Å². The van der Waals surface area contributed by atoms with Crippen LogP contribution in [0.25, 0.3) is 0 Å². The predicted molar refractivity (Wildman–Crippen MR) is 58.0 cm³/mol. The van der Waals surface area contributed by atoms with Crippen LogP contribution < -0.4 is 5.32 Å². The van der Waals surface area contributed by atoms with Crippen LogP contribution in [-0.2, 0) is 14.2 Å². The fourth-order valence-corrected chi connectivity index (χ4v) is 1.12. The van der Waals surface area contributed by atoms with Crippen molar-refractivity contribution in [2.24, 2.45) is 0 Å². The van der Waals surface area contributed by atoms with Crippen LogP contribution in [0.1, 0.15) is 6.92 Å². The first-order chi connectivity index (χ1) is 7.24.